The molecule has 0 saturated carbocycles. The van der Waals surface area contributed by atoms with Crippen molar-refractivity contribution in [2.45, 2.75) is 13.0 Å². The fraction of sp³-hybridized carbons (Fsp3) is 0.111. The predicted octanol–water partition coefficient (Wildman–Crippen LogP) is 3.88. The summed E-state index contributed by atoms with van der Waals surface area (Å²) >= 11 is 7.44. The van der Waals surface area contributed by atoms with E-state index in [1.807, 2.05) is 30.5 Å². The molecule has 3 rings (SSSR count). The number of anilines is 1. The van der Waals surface area contributed by atoms with Crippen LogP contribution in [0.25, 0.3) is 0 Å². The van der Waals surface area contributed by atoms with Crippen molar-refractivity contribution in [1.82, 2.24) is 0 Å². The Bertz CT molecular complexity index is 877. The number of halogens is 2. The van der Waals surface area contributed by atoms with Crippen LogP contribution >= 0.6 is 22.9 Å². The van der Waals surface area contributed by atoms with Crippen molar-refractivity contribution in [2.24, 2.45) is 0 Å². The Morgan fingerprint density at radius 1 is 1.21 bits per heavy atom. The third-order valence-electron chi connectivity index (χ3n) is 3.57. The summed E-state index contributed by atoms with van der Waals surface area (Å²) in [5.74, 6) is -0.475. The van der Waals surface area contributed by atoms with E-state index in [-0.39, 0.29) is 18.1 Å². The summed E-state index contributed by atoms with van der Waals surface area (Å²) < 4.78 is 14.7. The molecule has 0 atom stereocenters. The van der Waals surface area contributed by atoms with Crippen molar-refractivity contribution in [3.05, 3.63) is 81.6 Å². The van der Waals surface area contributed by atoms with E-state index >= 15 is 0 Å². The van der Waals surface area contributed by atoms with Crippen LogP contribution in [0.2, 0.25) is 5.02 Å². The Labute approximate surface area is 148 Å². The van der Waals surface area contributed by atoms with E-state index < -0.39 is 0 Å². The van der Waals surface area contributed by atoms with E-state index in [1.165, 1.54) is 35.6 Å². The van der Waals surface area contributed by atoms with Crippen LogP contribution in [0.4, 0.5) is 9.52 Å². The van der Waals surface area contributed by atoms with E-state index in [1.54, 1.807) is 4.57 Å². The van der Waals surface area contributed by atoms with Gasteiger partial charge in [0.05, 0.1) is 4.88 Å². The highest BCUT2D eigenvalue weighted by molar-refractivity contribution is 7.14. The molecule has 0 aliphatic carbocycles. The quantitative estimate of drug-likeness (QED) is 0.553. The highest BCUT2D eigenvalue weighted by atomic mass is 35.5. The lowest BCUT2D eigenvalue weighted by Gasteiger charge is -1.99. The van der Waals surface area contributed by atoms with Crippen LogP contribution in [-0.4, -0.2) is 5.78 Å². The lowest BCUT2D eigenvalue weighted by Crippen LogP contribution is -2.38. The molecule has 24 heavy (non-hydrogen) atoms. The SMILES string of the molecule is Nc1sc(Cc2cccc(Cl)c2)c[n+]1CC(=O)c1ccc(F)cc1. The van der Waals surface area contributed by atoms with Crippen molar-refractivity contribution >= 4 is 33.9 Å². The Hall–Kier alpha value is -2.24. The number of nitrogen functional groups attached to an aromatic ring is 1. The molecule has 6 heteroatoms. The number of nitrogens with zero attached hydrogens (tertiary/aromatic N) is 1. The molecule has 2 N–H and O–H groups in total. The maximum absolute atomic E-state index is 12.9. The van der Waals surface area contributed by atoms with Gasteiger partial charge in [-0.15, -0.1) is 0 Å². The first-order valence-electron chi connectivity index (χ1n) is 7.32. The van der Waals surface area contributed by atoms with Gasteiger partial charge < -0.3 is 0 Å². The number of benzene rings is 2. The van der Waals surface area contributed by atoms with E-state index in [9.17, 15) is 9.18 Å². The zero-order chi connectivity index (χ0) is 17.1. The predicted molar refractivity (Wildman–Crippen MR) is 93.9 cm³/mol. The molecular weight excluding hydrogens is 347 g/mol. The van der Waals surface area contributed by atoms with Gasteiger partial charge in [0.15, 0.2) is 6.54 Å². The minimum atomic E-state index is -0.363. The second kappa shape index (κ2) is 7.11. The summed E-state index contributed by atoms with van der Waals surface area (Å²) in [7, 11) is 0. The van der Waals surface area contributed by atoms with Crippen molar-refractivity contribution in [2.75, 3.05) is 5.73 Å². The minimum absolute atomic E-state index is 0.112. The van der Waals surface area contributed by atoms with Crippen LogP contribution in [0.5, 0.6) is 0 Å². The highest BCUT2D eigenvalue weighted by Crippen LogP contribution is 2.20. The van der Waals surface area contributed by atoms with Gasteiger partial charge in [-0.1, -0.05) is 35.1 Å². The number of hydrogen-bond donors (Lipinski definition) is 1. The van der Waals surface area contributed by atoms with Crippen molar-refractivity contribution in [1.29, 1.82) is 0 Å². The monoisotopic (exact) mass is 361 g/mol. The van der Waals surface area contributed by atoms with Crippen molar-refractivity contribution < 1.29 is 13.8 Å². The summed E-state index contributed by atoms with van der Waals surface area (Å²) in [5.41, 5.74) is 7.57. The summed E-state index contributed by atoms with van der Waals surface area (Å²) in [6, 6.07) is 13.2. The molecule has 0 unspecified atom stereocenters. The van der Waals surface area contributed by atoms with E-state index in [4.69, 9.17) is 17.3 Å². The first-order valence-corrected chi connectivity index (χ1v) is 8.51. The average Bonchev–Trinajstić information content (AvgIpc) is 2.87. The third kappa shape index (κ3) is 3.99. The van der Waals surface area contributed by atoms with Gasteiger partial charge in [-0.2, -0.15) is 0 Å². The molecular formula is C18H15ClFN2OS+. The molecule has 1 heterocycles. The lowest BCUT2D eigenvalue weighted by atomic mass is 10.1. The standard InChI is InChI=1S/C18H14ClFN2OS/c19-14-3-1-2-12(8-14)9-16-10-22(18(21)24-16)11-17(23)13-4-6-15(20)7-5-13/h1-8,10,21H,9,11H2/p+1. The zero-order valence-corrected chi connectivity index (χ0v) is 14.3. The topological polar surface area (TPSA) is 47.0 Å². The van der Waals surface area contributed by atoms with Gasteiger partial charge >= 0.3 is 5.13 Å². The molecule has 3 nitrogen and oxygen atoms in total. The molecule has 0 bridgehead atoms. The van der Waals surface area contributed by atoms with Crippen LogP contribution in [0.15, 0.2) is 54.7 Å². The molecule has 0 spiro atoms. The summed E-state index contributed by atoms with van der Waals surface area (Å²) in [6.45, 7) is 0.128. The molecule has 0 fully saturated rings. The van der Waals surface area contributed by atoms with Gasteiger partial charge in [-0.3, -0.25) is 10.5 Å². The van der Waals surface area contributed by atoms with Crippen LogP contribution in [0.3, 0.4) is 0 Å². The second-order valence-corrected chi connectivity index (χ2v) is 6.98. The number of hydrogen-bond acceptors (Lipinski definition) is 3. The maximum Gasteiger partial charge on any atom is 0.332 e. The van der Waals surface area contributed by atoms with Crippen LogP contribution in [-0.2, 0) is 13.0 Å². The van der Waals surface area contributed by atoms with Crippen LogP contribution < -0.4 is 10.3 Å². The Balaban J connectivity index is 1.74. The Kier molecular flexibility index (Phi) is 4.92. The lowest BCUT2D eigenvalue weighted by molar-refractivity contribution is -0.664. The van der Waals surface area contributed by atoms with Gasteiger partial charge in [0.25, 0.3) is 0 Å². The molecule has 2 aromatic carbocycles. The number of ketones is 1. The summed E-state index contributed by atoms with van der Waals surface area (Å²) in [6.07, 6.45) is 2.58. The first-order chi connectivity index (χ1) is 11.5. The van der Waals surface area contributed by atoms with Gasteiger partial charge in [-0.05, 0) is 42.0 Å². The number of aromatic nitrogens is 1. The molecule has 0 aliphatic heterocycles. The number of nitrogens with two attached hydrogens (primary N) is 1. The fourth-order valence-corrected chi connectivity index (χ4v) is 3.53. The molecule has 3 aromatic rings. The minimum Gasteiger partial charge on any atom is -0.290 e. The van der Waals surface area contributed by atoms with E-state index in [0.29, 0.717) is 22.1 Å². The average molecular weight is 362 g/mol. The van der Waals surface area contributed by atoms with Gasteiger partial charge in [-0.25, -0.2) is 8.96 Å². The van der Waals surface area contributed by atoms with E-state index in [2.05, 4.69) is 0 Å². The fourth-order valence-electron chi connectivity index (χ4n) is 2.39. The third-order valence-corrected chi connectivity index (χ3v) is 4.76. The van der Waals surface area contributed by atoms with Crippen LogP contribution in [0, 0.1) is 5.82 Å². The van der Waals surface area contributed by atoms with Crippen molar-refractivity contribution in [3.63, 3.8) is 0 Å². The maximum atomic E-state index is 12.9. The zero-order valence-electron chi connectivity index (χ0n) is 12.7. The smallest absolute Gasteiger partial charge is 0.290 e. The summed E-state index contributed by atoms with van der Waals surface area (Å²) in [5, 5.41) is 1.25. The largest absolute Gasteiger partial charge is 0.332 e. The molecule has 0 radical (unpaired) electrons. The highest BCUT2D eigenvalue weighted by Gasteiger charge is 2.16. The number of rotatable bonds is 5. The number of carbonyl (C=O) groups excluding carboxylic acids is 1. The van der Waals surface area contributed by atoms with Crippen molar-refractivity contribution in [3.8, 4) is 0 Å². The number of Topliss-reactive ketones (excluding diaryl/α,β-unsaturated/α-hetero) is 1. The van der Waals surface area contributed by atoms with Gasteiger partial charge in [0.1, 0.15) is 12.0 Å². The molecule has 0 aliphatic rings. The molecule has 122 valence electrons. The molecule has 0 saturated heterocycles. The number of thiazole rings is 1. The first kappa shape index (κ1) is 16.6. The molecule has 1 aromatic heterocycles. The summed E-state index contributed by atoms with van der Waals surface area (Å²) in [4.78, 5) is 13.3. The van der Waals surface area contributed by atoms with E-state index in [0.717, 1.165) is 10.4 Å². The van der Waals surface area contributed by atoms with Crippen LogP contribution in [0.1, 0.15) is 20.8 Å². The number of carbonyl (C=O) groups is 1. The normalized spacial score (nSPS) is 10.8. The van der Waals surface area contributed by atoms with Gasteiger partial charge in [0.2, 0.25) is 5.78 Å². The Morgan fingerprint density at radius 2 is 1.96 bits per heavy atom. The molecule has 0 amide bonds. The van der Waals surface area contributed by atoms with Gasteiger partial charge in [0, 0.05) is 17.0 Å². The second-order valence-electron chi connectivity index (χ2n) is 5.40. The Morgan fingerprint density at radius 3 is 2.67 bits per heavy atom.